The monoisotopic (exact) mass is 362 g/mol. The van der Waals surface area contributed by atoms with Crippen LogP contribution in [-0.4, -0.2) is 25.7 Å². The van der Waals surface area contributed by atoms with Gasteiger partial charge in [0.15, 0.2) is 17.3 Å². The molecule has 27 heavy (non-hydrogen) atoms. The molecule has 2 aromatic heterocycles. The van der Waals surface area contributed by atoms with Crippen molar-refractivity contribution in [1.82, 2.24) is 19.8 Å². The summed E-state index contributed by atoms with van der Waals surface area (Å²) >= 11 is 0. The molecule has 0 aliphatic rings. The number of carbonyl (C=O) groups is 1. The number of rotatable bonds is 4. The lowest BCUT2D eigenvalue weighted by Gasteiger charge is -2.08. The molecule has 0 saturated heterocycles. The van der Waals surface area contributed by atoms with E-state index in [2.05, 4.69) is 25.9 Å². The third kappa shape index (κ3) is 3.45. The zero-order valence-corrected chi connectivity index (χ0v) is 14.3. The average Bonchev–Trinajstić information content (AvgIpc) is 3.06. The summed E-state index contributed by atoms with van der Waals surface area (Å²) in [6, 6.07) is 17.1. The van der Waals surface area contributed by atoms with Crippen molar-refractivity contribution in [3.8, 4) is 11.4 Å². The number of fused-ring (bicyclic) bond motifs is 1. The Labute approximate surface area is 153 Å². The molecule has 0 atom stereocenters. The number of aromatic nitrogens is 4. The second kappa shape index (κ2) is 6.83. The number of amides is 1. The summed E-state index contributed by atoms with van der Waals surface area (Å²) in [6.45, 7) is 1.46. The minimum absolute atomic E-state index is 0.129. The van der Waals surface area contributed by atoms with Crippen molar-refractivity contribution in [2.24, 2.45) is 0 Å². The smallest absolute Gasteiger partial charge is 0.221 e. The van der Waals surface area contributed by atoms with Crippen LogP contribution in [0.2, 0.25) is 0 Å². The standard InChI is InChI=1S/C19H15FN6O/c1-12(27)21-13-6-8-14(9-7-13)22-17-10-11-18-23-24-19(26(18)25-17)15-4-2-3-5-16(15)20/h2-11H,1H3,(H,21,27)(H,22,25). The lowest BCUT2D eigenvalue weighted by Crippen LogP contribution is -2.05. The van der Waals surface area contributed by atoms with Crippen LogP contribution in [0.15, 0.2) is 60.7 Å². The number of nitrogens with zero attached hydrogens (tertiary/aromatic N) is 4. The Hall–Kier alpha value is -3.81. The number of anilines is 3. The summed E-state index contributed by atoms with van der Waals surface area (Å²) in [6.07, 6.45) is 0. The molecule has 2 heterocycles. The highest BCUT2D eigenvalue weighted by Gasteiger charge is 2.13. The second-order valence-corrected chi connectivity index (χ2v) is 5.88. The first-order valence-electron chi connectivity index (χ1n) is 8.22. The molecular formula is C19H15FN6O. The minimum Gasteiger partial charge on any atom is -0.339 e. The highest BCUT2D eigenvalue weighted by molar-refractivity contribution is 5.88. The molecule has 0 radical (unpaired) electrons. The van der Waals surface area contributed by atoms with Crippen LogP contribution in [0, 0.1) is 5.82 Å². The molecule has 0 spiro atoms. The van der Waals surface area contributed by atoms with Crippen LogP contribution in [0.5, 0.6) is 0 Å². The van der Waals surface area contributed by atoms with E-state index >= 15 is 0 Å². The first-order valence-corrected chi connectivity index (χ1v) is 8.22. The van der Waals surface area contributed by atoms with Crippen molar-refractivity contribution in [2.45, 2.75) is 6.92 Å². The molecule has 0 fully saturated rings. The van der Waals surface area contributed by atoms with Crippen LogP contribution in [0.4, 0.5) is 21.6 Å². The molecule has 2 aromatic carbocycles. The highest BCUT2D eigenvalue weighted by Crippen LogP contribution is 2.22. The van der Waals surface area contributed by atoms with Gasteiger partial charge in [-0.15, -0.1) is 15.3 Å². The first kappa shape index (κ1) is 16.6. The Morgan fingerprint density at radius 3 is 2.44 bits per heavy atom. The van der Waals surface area contributed by atoms with Crippen molar-refractivity contribution in [3.63, 3.8) is 0 Å². The van der Waals surface area contributed by atoms with Crippen molar-refractivity contribution in [2.75, 3.05) is 10.6 Å². The van der Waals surface area contributed by atoms with Crippen molar-refractivity contribution >= 4 is 28.7 Å². The maximum absolute atomic E-state index is 14.1. The SMILES string of the molecule is CC(=O)Nc1ccc(Nc2ccc3nnc(-c4ccccc4F)n3n2)cc1. The molecule has 4 rings (SSSR count). The summed E-state index contributed by atoms with van der Waals surface area (Å²) in [5.41, 5.74) is 2.34. The maximum Gasteiger partial charge on any atom is 0.221 e. The van der Waals surface area contributed by atoms with Crippen molar-refractivity contribution < 1.29 is 9.18 Å². The average molecular weight is 362 g/mol. The number of benzene rings is 2. The van der Waals surface area contributed by atoms with E-state index in [1.165, 1.54) is 17.5 Å². The summed E-state index contributed by atoms with van der Waals surface area (Å²) in [4.78, 5) is 11.1. The molecule has 0 aliphatic carbocycles. The quantitative estimate of drug-likeness (QED) is 0.579. The Kier molecular flexibility index (Phi) is 4.21. The molecular weight excluding hydrogens is 347 g/mol. The van der Waals surface area contributed by atoms with Gasteiger partial charge in [-0.25, -0.2) is 4.39 Å². The number of halogens is 1. The van der Waals surface area contributed by atoms with Gasteiger partial charge in [0.05, 0.1) is 5.56 Å². The lowest BCUT2D eigenvalue weighted by molar-refractivity contribution is -0.114. The molecule has 0 saturated carbocycles. The zero-order valence-electron chi connectivity index (χ0n) is 14.3. The van der Waals surface area contributed by atoms with Gasteiger partial charge in [0, 0.05) is 18.3 Å². The molecule has 1 amide bonds. The molecule has 0 unspecified atom stereocenters. The Bertz CT molecular complexity index is 1120. The number of nitrogens with one attached hydrogen (secondary N) is 2. The van der Waals surface area contributed by atoms with Gasteiger partial charge >= 0.3 is 0 Å². The predicted octanol–water partition coefficient (Wildman–Crippen LogP) is 3.63. The third-order valence-corrected chi connectivity index (χ3v) is 3.86. The van der Waals surface area contributed by atoms with Crippen LogP contribution >= 0.6 is 0 Å². The maximum atomic E-state index is 14.1. The highest BCUT2D eigenvalue weighted by atomic mass is 19.1. The molecule has 134 valence electrons. The van der Waals surface area contributed by atoms with E-state index in [0.717, 1.165) is 5.69 Å². The molecule has 8 heteroatoms. The summed E-state index contributed by atoms with van der Waals surface area (Å²) in [5.74, 6) is 0.358. The van der Waals surface area contributed by atoms with Gasteiger partial charge in [-0.2, -0.15) is 4.52 Å². The summed E-state index contributed by atoms with van der Waals surface area (Å²) in [7, 11) is 0. The lowest BCUT2D eigenvalue weighted by atomic mass is 10.2. The van der Waals surface area contributed by atoms with E-state index in [4.69, 9.17) is 0 Å². The summed E-state index contributed by atoms with van der Waals surface area (Å²) < 4.78 is 15.6. The van der Waals surface area contributed by atoms with Gasteiger partial charge < -0.3 is 10.6 Å². The van der Waals surface area contributed by atoms with Crippen LogP contribution in [0.25, 0.3) is 17.0 Å². The number of hydrogen-bond donors (Lipinski definition) is 2. The fourth-order valence-electron chi connectivity index (χ4n) is 2.65. The van der Waals surface area contributed by atoms with Gasteiger partial charge in [0.1, 0.15) is 5.82 Å². The molecule has 0 bridgehead atoms. The number of carbonyl (C=O) groups excluding carboxylic acids is 1. The number of hydrogen-bond acceptors (Lipinski definition) is 5. The van der Waals surface area contributed by atoms with Crippen LogP contribution in [0.1, 0.15) is 6.92 Å². The third-order valence-electron chi connectivity index (χ3n) is 3.86. The molecule has 2 N–H and O–H groups in total. The van der Waals surface area contributed by atoms with Crippen molar-refractivity contribution in [1.29, 1.82) is 0 Å². The largest absolute Gasteiger partial charge is 0.339 e. The zero-order chi connectivity index (χ0) is 18.8. The Balaban J connectivity index is 1.64. The van der Waals surface area contributed by atoms with Crippen molar-refractivity contribution in [3.05, 3.63) is 66.5 Å². The predicted molar refractivity (Wildman–Crippen MR) is 100 cm³/mol. The Morgan fingerprint density at radius 2 is 1.70 bits per heavy atom. The molecule has 0 aliphatic heterocycles. The normalized spacial score (nSPS) is 10.7. The van der Waals surface area contributed by atoms with E-state index in [1.54, 1.807) is 42.5 Å². The van der Waals surface area contributed by atoms with Gasteiger partial charge in [0.25, 0.3) is 0 Å². The van der Waals surface area contributed by atoms with E-state index in [9.17, 15) is 9.18 Å². The fraction of sp³-hybridized carbons (Fsp3) is 0.0526. The Morgan fingerprint density at radius 1 is 0.963 bits per heavy atom. The van der Waals surface area contributed by atoms with Gasteiger partial charge in [-0.3, -0.25) is 4.79 Å². The van der Waals surface area contributed by atoms with Gasteiger partial charge in [-0.1, -0.05) is 12.1 Å². The fourth-order valence-corrected chi connectivity index (χ4v) is 2.65. The van der Waals surface area contributed by atoms with Crippen LogP contribution in [0.3, 0.4) is 0 Å². The van der Waals surface area contributed by atoms with E-state index < -0.39 is 0 Å². The summed E-state index contributed by atoms with van der Waals surface area (Å²) in [5, 5.41) is 18.4. The van der Waals surface area contributed by atoms with E-state index in [0.29, 0.717) is 28.5 Å². The first-order chi connectivity index (χ1) is 13.1. The second-order valence-electron chi connectivity index (χ2n) is 5.88. The van der Waals surface area contributed by atoms with Crippen LogP contribution < -0.4 is 10.6 Å². The molecule has 7 nitrogen and oxygen atoms in total. The van der Waals surface area contributed by atoms with E-state index in [1.807, 2.05) is 12.1 Å². The van der Waals surface area contributed by atoms with Gasteiger partial charge in [0.2, 0.25) is 5.91 Å². The van der Waals surface area contributed by atoms with Gasteiger partial charge in [-0.05, 0) is 48.5 Å². The van der Waals surface area contributed by atoms with E-state index in [-0.39, 0.29) is 11.7 Å². The van der Waals surface area contributed by atoms with Crippen LogP contribution in [-0.2, 0) is 4.79 Å². The molecule has 4 aromatic rings. The topological polar surface area (TPSA) is 84.2 Å². The minimum atomic E-state index is -0.388.